The van der Waals surface area contributed by atoms with Gasteiger partial charge in [-0.15, -0.1) is 71.8 Å². The Hall–Kier alpha value is -3.09. The topological polar surface area (TPSA) is 24.7 Å². The first-order valence-corrected chi connectivity index (χ1v) is 9.02. The summed E-state index contributed by atoms with van der Waals surface area (Å²) in [7, 11) is 0. The Morgan fingerprint density at radius 3 is 1.21 bits per heavy atom. The molecule has 0 radical (unpaired) electrons. The molecule has 0 aliphatic rings. The number of aliphatic imine (C=N–C) groups is 2. The summed E-state index contributed by atoms with van der Waals surface area (Å²) < 4.78 is 0. The van der Waals surface area contributed by atoms with Gasteiger partial charge < -0.3 is 9.98 Å². The van der Waals surface area contributed by atoms with Gasteiger partial charge in [0.1, 0.15) is 0 Å². The van der Waals surface area contributed by atoms with Gasteiger partial charge in [0.05, 0.1) is 11.4 Å². The van der Waals surface area contributed by atoms with Gasteiger partial charge in [0, 0.05) is 0 Å². The maximum atomic E-state index is 4.32. The molecule has 0 fully saturated rings. The van der Waals surface area contributed by atoms with E-state index in [2.05, 4.69) is 22.1 Å². The Kier molecular flexibility index (Phi) is 10.1. The maximum Gasteiger partial charge on any atom is 2.00 e. The first kappa shape index (κ1) is 22.2. The Morgan fingerprint density at radius 1 is 0.483 bits per heavy atom. The molecule has 144 valence electrons. The van der Waals surface area contributed by atoms with Crippen molar-refractivity contribution in [2.24, 2.45) is 9.98 Å². The number of hydrogen-bond acceptors (Lipinski definition) is 2. The Labute approximate surface area is 187 Å². The van der Waals surface area contributed by atoms with Crippen LogP contribution in [0.2, 0.25) is 0 Å². The molecule has 29 heavy (non-hydrogen) atoms. The van der Waals surface area contributed by atoms with Gasteiger partial charge in [0.15, 0.2) is 0 Å². The molecule has 0 saturated carbocycles. The molecule has 0 heterocycles. The molecule has 0 spiro atoms. The summed E-state index contributed by atoms with van der Waals surface area (Å²) in [5.74, 6) is 0. The van der Waals surface area contributed by atoms with Crippen LogP contribution in [0.25, 0.3) is 0 Å². The molecule has 4 aromatic rings. The van der Waals surface area contributed by atoms with E-state index in [0.29, 0.717) is 0 Å². The van der Waals surface area contributed by atoms with Crippen LogP contribution in [0.1, 0.15) is 11.1 Å². The number of rotatable bonds is 4. The molecule has 0 saturated heterocycles. The van der Waals surface area contributed by atoms with Crippen LogP contribution in [-0.4, -0.2) is 12.4 Å². The molecule has 4 rings (SSSR count). The van der Waals surface area contributed by atoms with Crippen LogP contribution in [0, 0.1) is 12.1 Å². The fraction of sp³-hybridized carbons (Fsp3) is 0. The predicted molar refractivity (Wildman–Crippen MR) is 118 cm³/mol. The van der Waals surface area contributed by atoms with E-state index in [0.717, 1.165) is 22.5 Å². The molecule has 0 atom stereocenters. The monoisotopic (exact) mass is 555 g/mol. The van der Waals surface area contributed by atoms with Crippen LogP contribution in [0.4, 0.5) is 11.4 Å². The molecule has 2 nitrogen and oxygen atoms in total. The zero-order valence-corrected chi connectivity index (χ0v) is 18.0. The normalized spacial score (nSPS) is 10.2. The Bertz CT molecular complexity index is 816. The first-order valence-electron chi connectivity index (χ1n) is 9.02. The van der Waals surface area contributed by atoms with Gasteiger partial charge in [-0.25, -0.2) is 0 Å². The summed E-state index contributed by atoms with van der Waals surface area (Å²) >= 11 is 0. The van der Waals surface area contributed by atoms with E-state index >= 15 is 0 Å². The number of nitrogens with zero attached hydrogens (tertiary/aromatic N) is 2. The smallest absolute Gasteiger partial charge is 0.305 e. The third-order valence-corrected chi connectivity index (χ3v) is 3.68. The molecular formula is C26H20N2Pt. The fourth-order valence-electron chi connectivity index (χ4n) is 2.29. The predicted octanol–water partition coefficient (Wildman–Crippen LogP) is 6.47. The molecule has 3 heteroatoms. The van der Waals surface area contributed by atoms with Crippen molar-refractivity contribution in [3.8, 4) is 0 Å². The van der Waals surface area contributed by atoms with Crippen molar-refractivity contribution >= 4 is 23.8 Å². The van der Waals surface area contributed by atoms with Crippen molar-refractivity contribution < 1.29 is 21.1 Å². The van der Waals surface area contributed by atoms with E-state index in [1.807, 2.05) is 122 Å². The Balaban J connectivity index is 0.000000200. The van der Waals surface area contributed by atoms with E-state index in [-0.39, 0.29) is 21.1 Å². The summed E-state index contributed by atoms with van der Waals surface area (Å²) in [6, 6.07) is 41.5. The second-order valence-electron chi connectivity index (χ2n) is 5.82. The largest absolute Gasteiger partial charge is 2.00 e. The van der Waals surface area contributed by atoms with Gasteiger partial charge >= 0.3 is 21.1 Å². The minimum absolute atomic E-state index is 0. The summed E-state index contributed by atoms with van der Waals surface area (Å²) in [5, 5.41) is 0. The van der Waals surface area contributed by atoms with Crippen LogP contribution in [0.3, 0.4) is 0 Å². The minimum Gasteiger partial charge on any atom is -0.305 e. The summed E-state index contributed by atoms with van der Waals surface area (Å²) in [5.41, 5.74) is 3.92. The average molecular weight is 556 g/mol. The zero-order valence-electron chi connectivity index (χ0n) is 15.8. The second-order valence-corrected chi connectivity index (χ2v) is 5.82. The third-order valence-electron chi connectivity index (χ3n) is 3.68. The number of para-hydroxylation sites is 2. The molecule has 0 aliphatic heterocycles. The number of benzene rings is 4. The van der Waals surface area contributed by atoms with Gasteiger partial charge in [0.2, 0.25) is 0 Å². The van der Waals surface area contributed by atoms with Crippen LogP contribution >= 0.6 is 0 Å². The van der Waals surface area contributed by atoms with Crippen LogP contribution < -0.4 is 0 Å². The Morgan fingerprint density at radius 2 is 0.862 bits per heavy atom. The molecule has 4 aromatic carbocycles. The van der Waals surface area contributed by atoms with Crippen molar-refractivity contribution in [3.05, 3.63) is 132 Å². The third kappa shape index (κ3) is 8.63. The first-order chi connectivity index (χ1) is 13.9. The zero-order chi connectivity index (χ0) is 19.3. The van der Waals surface area contributed by atoms with Crippen molar-refractivity contribution in [1.82, 2.24) is 0 Å². The van der Waals surface area contributed by atoms with Crippen LogP contribution in [0.15, 0.2) is 119 Å². The van der Waals surface area contributed by atoms with Gasteiger partial charge in [-0.1, -0.05) is 36.4 Å². The van der Waals surface area contributed by atoms with E-state index < -0.39 is 0 Å². The number of hydrogen-bond donors (Lipinski definition) is 0. The van der Waals surface area contributed by atoms with Gasteiger partial charge in [-0.2, -0.15) is 0 Å². The molecule has 0 unspecified atom stereocenters. The SMILES string of the molecule is [Pt+2].[c-]1ccccc1C=Nc1ccccc1.[c-]1ccccc1C=Nc1ccccc1. The van der Waals surface area contributed by atoms with Crippen molar-refractivity contribution in [1.29, 1.82) is 0 Å². The van der Waals surface area contributed by atoms with E-state index in [9.17, 15) is 0 Å². The molecular weight excluding hydrogens is 535 g/mol. The molecule has 0 aromatic heterocycles. The van der Waals surface area contributed by atoms with Gasteiger partial charge in [-0.3, -0.25) is 0 Å². The van der Waals surface area contributed by atoms with Crippen LogP contribution in [0.5, 0.6) is 0 Å². The minimum atomic E-state index is 0. The maximum absolute atomic E-state index is 4.32. The molecule has 0 amide bonds. The van der Waals surface area contributed by atoms with E-state index in [1.54, 1.807) is 0 Å². The van der Waals surface area contributed by atoms with Crippen LogP contribution in [-0.2, 0) is 21.1 Å². The standard InChI is InChI=1S/2C13H10N.Pt/c2*1-3-7-12(8-4-1)11-14-13-9-5-2-6-10-13;/h2*1-7,9-11H;/q2*-1;+2. The van der Waals surface area contributed by atoms with E-state index in [1.165, 1.54) is 0 Å². The van der Waals surface area contributed by atoms with E-state index in [4.69, 9.17) is 0 Å². The average Bonchev–Trinajstić information content (AvgIpc) is 2.80. The molecule has 0 N–H and O–H groups in total. The van der Waals surface area contributed by atoms with Crippen molar-refractivity contribution in [3.63, 3.8) is 0 Å². The summed E-state index contributed by atoms with van der Waals surface area (Å²) in [6.07, 6.45) is 3.63. The van der Waals surface area contributed by atoms with Gasteiger partial charge in [-0.05, 0) is 36.7 Å². The summed E-state index contributed by atoms with van der Waals surface area (Å²) in [4.78, 5) is 8.64. The van der Waals surface area contributed by atoms with Gasteiger partial charge in [0.25, 0.3) is 0 Å². The molecule has 0 aliphatic carbocycles. The fourth-order valence-corrected chi connectivity index (χ4v) is 2.29. The second kappa shape index (κ2) is 13.1. The quantitative estimate of drug-likeness (QED) is 0.204. The molecule has 0 bridgehead atoms. The van der Waals surface area contributed by atoms with Crippen molar-refractivity contribution in [2.75, 3.05) is 0 Å². The summed E-state index contributed by atoms with van der Waals surface area (Å²) in [6.45, 7) is 0. The van der Waals surface area contributed by atoms with Crippen molar-refractivity contribution in [2.45, 2.75) is 0 Å².